The Labute approximate surface area is 129 Å². The first kappa shape index (κ1) is 14.8. The lowest BCUT2D eigenvalue weighted by Gasteiger charge is -2.09. The number of aliphatic carboxylic acids is 1. The van der Waals surface area contributed by atoms with Crippen molar-refractivity contribution < 1.29 is 9.90 Å². The third-order valence-electron chi connectivity index (χ3n) is 2.83. The van der Waals surface area contributed by atoms with Crippen LogP contribution in [-0.4, -0.2) is 20.9 Å². The van der Waals surface area contributed by atoms with E-state index in [9.17, 15) is 4.79 Å². The lowest BCUT2D eigenvalue weighted by Crippen LogP contribution is -2.02. The number of rotatable bonds is 3. The van der Waals surface area contributed by atoms with Gasteiger partial charge >= 0.3 is 5.97 Å². The van der Waals surface area contributed by atoms with E-state index in [1.165, 1.54) is 6.08 Å². The predicted molar refractivity (Wildman–Crippen MR) is 82.4 cm³/mol. The normalized spacial score (nSPS) is 11.2. The number of nitrogens with zero attached hydrogens (tertiary/aromatic N) is 2. The summed E-state index contributed by atoms with van der Waals surface area (Å²) in [6, 6.07) is 5.54. The number of aromatic nitrogens is 2. The van der Waals surface area contributed by atoms with Gasteiger partial charge in [-0.25, -0.2) is 9.48 Å². The number of halogens is 2. The maximum absolute atomic E-state index is 10.7. The van der Waals surface area contributed by atoms with Gasteiger partial charge in [-0.05, 0) is 32.1 Å². The summed E-state index contributed by atoms with van der Waals surface area (Å²) in [5.74, 6) is -0.995. The Kier molecular flexibility index (Phi) is 4.30. The molecule has 0 fully saturated rings. The van der Waals surface area contributed by atoms with Crippen molar-refractivity contribution in [2.75, 3.05) is 0 Å². The fourth-order valence-corrected chi connectivity index (χ4v) is 2.33. The highest BCUT2D eigenvalue weighted by Crippen LogP contribution is 2.27. The third kappa shape index (κ3) is 2.94. The number of carboxylic acid groups (broad SMARTS) is 1. The monoisotopic (exact) mass is 354 g/mol. The number of carboxylic acids is 1. The average Bonchev–Trinajstić information content (AvgIpc) is 2.65. The quantitative estimate of drug-likeness (QED) is 0.847. The first-order valence-electron chi connectivity index (χ1n) is 5.83. The van der Waals surface area contributed by atoms with Crippen molar-refractivity contribution in [1.82, 2.24) is 9.78 Å². The van der Waals surface area contributed by atoms with E-state index in [4.69, 9.17) is 16.7 Å². The molecule has 1 heterocycles. The summed E-state index contributed by atoms with van der Waals surface area (Å²) in [4.78, 5) is 10.7. The molecular weight excluding hydrogens is 344 g/mol. The van der Waals surface area contributed by atoms with Crippen molar-refractivity contribution in [3.8, 4) is 5.69 Å². The van der Waals surface area contributed by atoms with Crippen molar-refractivity contribution >= 4 is 39.6 Å². The molecule has 4 nitrogen and oxygen atoms in total. The smallest absolute Gasteiger partial charge is 0.328 e. The molecule has 0 atom stereocenters. The highest BCUT2D eigenvalue weighted by Gasteiger charge is 2.13. The minimum Gasteiger partial charge on any atom is -0.478 e. The van der Waals surface area contributed by atoms with Crippen molar-refractivity contribution in [2.24, 2.45) is 0 Å². The molecule has 2 aromatic rings. The molecule has 104 valence electrons. The van der Waals surface area contributed by atoms with Gasteiger partial charge < -0.3 is 5.11 Å². The molecule has 1 N–H and O–H groups in total. The summed E-state index contributed by atoms with van der Waals surface area (Å²) in [5, 5.41) is 13.8. The highest BCUT2D eigenvalue weighted by molar-refractivity contribution is 9.10. The van der Waals surface area contributed by atoms with E-state index in [0.29, 0.717) is 5.02 Å². The van der Waals surface area contributed by atoms with Gasteiger partial charge in [0.1, 0.15) is 0 Å². The number of carbonyl (C=O) groups is 1. The zero-order valence-corrected chi connectivity index (χ0v) is 13.2. The molecule has 0 saturated heterocycles. The first-order chi connectivity index (χ1) is 9.40. The van der Waals surface area contributed by atoms with Gasteiger partial charge in [0.05, 0.1) is 22.1 Å². The molecule has 0 bridgehead atoms. The molecule has 6 heteroatoms. The van der Waals surface area contributed by atoms with E-state index < -0.39 is 5.97 Å². The van der Waals surface area contributed by atoms with Gasteiger partial charge in [-0.1, -0.05) is 33.6 Å². The molecule has 1 aromatic carbocycles. The van der Waals surface area contributed by atoms with E-state index in [1.54, 1.807) is 4.68 Å². The Morgan fingerprint density at radius 2 is 2.15 bits per heavy atom. The SMILES string of the molecule is Cc1nn(-c2cc(Br)ccc2C=CC(=O)O)c(C)c1Cl. The zero-order chi connectivity index (χ0) is 14.9. The van der Waals surface area contributed by atoms with Crippen LogP contribution in [0.25, 0.3) is 11.8 Å². The van der Waals surface area contributed by atoms with Crippen LogP contribution in [-0.2, 0) is 4.79 Å². The molecule has 0 aliphatic heterocycles. The van der Waals surface area contributed by atoms with Crippen LogP contribution >= 0.6 is 27.5 Å². The number of hydrogen-bond donors (Lipinski definition) is 1. The summed E-state index contributed by atoms with van der Waals surface area (Å²) >= 11 is 9.57. The molecule has 1 aromatic heterocycles. The van der Waals surface area contributed by atoms with Gasteiger partial charge in [0.2, 0.25) is 0 Å². The van der Waals surface area contributed by atoms with Crippen LogP contribution < -0.4 is 0 Å². The van der Waals surface area contributed by atoms with Gasteiger partial charge in [-0.15, -0.1) is 0 Å². The highest BCUT2D eigenvalue weighted by atomic mass is 79.9. The van der Waals surface area contributed by atoms with Gasteiger partial charge in [0.25, 0.3) is 0 Å². The second-order valence-electron chi connectivity index (χ2n) is 4.27. The Bertz CT molecular complexity index is 707. The van der Waals surface area contributed by atoms with Gasteiger partial charge in [-0.3, -0.25) is 0 Å². The molecule has 0 aliphatic carbocycles. The van der Waals surface area contributed by atoms with Crippen LogP contribution in [0, 0.1) is 13.8 Å². The van der Waals surface area contributed by atoms with Gasteiger partial charge in [0.15, 0.2) is 0 Å². The lowest BCUT2D eigenvalue weighted by atomic mass is 10.1. The topological polar surface area (TPSA) is 55.1 Å². The minimum atomic E-state index is -0.995. The second kappa shape index (κ2) is 5.81. The van der Waals surface area contributed by atoms with Crippen molar-refractivity contribution in [2.45, 2.75) is 13.8 Å². The molecule has 2 rings (SSSR count). The minimum absolute atomic E-state index is 0.609. The van der Waals surface area contributed by atoms with E-state index in [2.05, 4.69) is 21.0 Å². The summed E-state index contributed by atoms with van der Waals surface area (Å²) in [7, 11) is 0. The summed E-state index contributed by atoms with van der Waals surface area (Å²) in [6.45, 7) is 3.70. The van der Waals surface area contributed by atoms with Crippen LogP contribution in [0.1, 0.15) is 17.0 Å². The van der Waals surface area contributed by atoms with Crippen LogP contribution in [0.15, 0.2) is 28.7 Å². The molecule has 0 unspecified atom stereocenters. The van der Waals surface area contributed by atoms with Crippen LogP contribution in [0.3, 0.4) is 0 Å². The van der Waals surface area contributed by atoms with Gasteiger partial charge in [0, 0.05) is 16.1 Å². The number of aryl methyl sites for hydroxylation is 1. The standard InChI is InChI=1S/C14H12BrClN2O2/c1-8-14(16)9(2)18(17-8)12-7-11(15)5-3-10(12)4-6-13(19)20/h3-7H,1-2H3,(H,19,20). The van der Waals surface area contributed by atoms with E-state index in [-0.39, 0.29) is 0 Å². The summed E-state index contributed by atoms with van der Waals surface area (Å²) < 4.78 is 2.59. The largest absolute Gasteiger partial charge is 0.478 e. The maximum Gasteiger partial charge on any atom is 0.328 e. The van der Waals surface area contributed by atoms with E-state index in [1.807, 2.05) is 32.0 Å². The Hall–Kier alpha value is -1.59. The molecule has 0 aliphatic rings. The molecule has 0 spiro atoms. The Morgan fingerprint density at radius 3 is 2.70 bits per heavy atom. The van der Waals surface area contributed by atoms with Crippen LogP contribution in [0.2, 0.25) is 5.02 Å². The molecule has 0 amide bonds. The third-order valence-corrected chi connectivity index (χ3v) is 3.87. The predicted octanol–water partition coefficient (Wildman–Crippen LogP) is 4.00. The molecule has 0 saturated carbocycles. The van der Waals surface area contributed by atoms with Gasteiger partial charge in [-0.2, -0.15) is 5.10 Å². The number of benzene rings is 1. The molecular formula is C14H12BrClN2O2. The van der Waals surface area contributed by atoms with Crippen LogP contribution in [0.5, 0.6) is 0 Å². The molecule has 0 radical (unpaired) electrons. The summed E-state index contributed by atoms with van der Waals surface area (Å²) in [6.07, 6.45) is 2.63. The fourth-order valence-electron chi connectivity index (χ4n) is 1.86. The van der Waals surface area contributed by atoms with Crippen LogP contribution in [0.4, 0.5) is 0 Å². The molecule has 20 heavy (non-hydrogen) atoms. The average molecular weight is 356 g/mol. The fraction of sp³-hybridized carbons (Fsp3) is 0.143. The van der Waals surface area contributed by atoms with Crippen molar-refractivity contribution in [3.05, 3.63) is 50.7 Å². The van der Waals surface area contributed by atoms with Crippen molar-refractivity contribution in [3.63, 3.8) is 0 Å². The summed E-state index contributed by atoms with van der Waals surface area (Å²) in [5.41, 5.74) is 3.06. The van der Waals surface area contributed by atoms with E-state index >= 15 is 0 Å². The Morgan fingerprint density at radius 1 is 1.45 bits per heavy atom. The van der Waals surface area contributed by atoms with Crippen molar-refractivity contribution in [1.29, 1.82) is 0 Å². The lowest BCUT2D eigenvalue weighted by molar-refractivity contribution is -0.131. The maximum atomic E-state index is 10.7. The zero-order valence-electron chi connectivity index (χ0n) is 10.9. The second-order valence-corrected chi connectivity index (χ2v) is 5.56. The first-order valence-corrected chi connectivity index (χ1v) is 7.00. The number of hydrogen-bond acceptors (Lipinski definition) is 2. The Balaban J connectivity index is 2.62. The van der Waals surface area contributed by atoms with E-state index in [0.717, 1.165) is 33.2 Å².